The lowest BCUT2D eigenvalue weighted by Gasteiger charge is -2.32. The van der Waals surface area contributed by atoms with Gasteiger partial charge in [-0.15, -0.1) is 0 Å². The molecule has 1 atom stereocenters. The molecule has 1 saturated heterocycles. The summed E-state index contributed by atoms with van der Waals surface area (Å²) in [6.45, 7) is 2.12. The summed E-state index contributed by atoms with van der Waals surface area (Å²) in [5, 5.41) is 0. The highest BCUT2D eigenvalue weighted by atomic mass is 19.4. The largest absolute Gasteiger partial charge is 0.491 e. The number of aryl methyl sites for hydroxylation is 1. The van der Waals surface area contributed by atoms with Crippen molar-refractivity contribution >= 4 is 5.91 Å². The van der Waals surface area contributed by atoms with Gasteiger partial charge in [-0.05, 0) is 25.1 Å². The molecule has 156 valence electrons. The van der Waals surface area contributed by atoms with E-state index in [1.165, 1.54) is 11.8 Å². The van der Waals surface area contributed by atoms with Crippen LogP contribution in [0.3, 0.4) is 0 Å². The maximum atomic E-state index is 13.1. The SMILES string of the molecule is Cc1cc(C(=O)N2CCOC(COc3ccc4c(c3)OCO4)C2)c(C(F)(F)F)o1. The number of halogens is 3. The van der Waals surface area contributed by atoms with E-state index in [0.29, 0.717) is 17.2 Å². The lowest BCUT2D eigenvalue weighted by molar-refractivity contribution is -0.153. The zero-order valence-corrected chi connectivity index (χ0v) is 15.5. The molecule has 2 aliphatic heterocycles. The zero-order chi connectivity index (χ0) is 20.6. The summed E-state index contributed by atoms with van der Waals surface area (Å²) in [6, 6.07) is 6.22. The number of alkyl halides is 3. The number of furan rings is 1. The molecule has 0 spiro atoms. The Balaban J connectivity index is 1.40. The molecule has 3 heterocycles. The van der Waals surface area contributed by atoms with Gasteiger partial charge in [-0.3, -0.25) is 4.79 Å². The predicted octanol–water partition coefficient (Wildman–Crippen LogP) is 3.26. The third-order valence-electron chi connectivity index (χ3n) is 4.55. The Morgan fingerprint density at radius 2 is 2.03 bits per heavy atom. The van der Waals surface area contributed by atoms with Gasteiger partial charge in [-0.1, -0.05) is 0 Å². The summed E-state index contributed by atoms with van der Waals surface area (Å²) in [5.74, 6) is -0.272. The van der Waals surface area contributed by atoms with Crippen LogP contribution in [0.2, 0.25) is 0 Å². The van der Waals surface area contributed by atoms with Crippen molar-refractivity contribution in [2.24, 2.45) is 0 Å². The summed E-state index contributed by atoms with van der Waals surface area (Å²) >= 11 is 0. The topological polar surface area (TPSA) is 70.4 Å². The summed E-state index contributed by atoms with van der Waals surface area (Å²) in [4.78, 5) is 14.0. The number of amides is 1. The van der Waals surface area contributed by atoms with Gasteiger partial charge in [-0.2, -0.15) is 13.2 Å². The van der Waals surface area contributed by atoms with Gasteiger partial charge >= 0.3 is 6.18 Å². The number of fused-ring (bicyclic) bond motifs is 1. The van der Waals surface area contributed by atoms with Crippen molar-refractivity contribution in [1.29, 1.82) is 0 Å². The highest BCUT2D eigenvalue weighted by Crippen LogP contribution is 2.36. The fraction of sp³-hybridized carbons (Fsp3) is 0.421. The first-order chi connectivity index (χ1) is 13.8. The van der Waals surface area contributed by atoms with E-state index < -0.39 is 29.5 Å². The van der Waals surface area contributed by atoms with Gasteiger partial charge in [0.15, 0.2) is 11.5 Å². The van der Waals surface area contributed by atoms with Gasteiger partial charge in [0, 0.05) is 12.6 Å². The fourth-order valence-corrected chi connectivity index (χ4v) is 3.21. The first kappa shape index (κ1) is 19.4. The van der Waals surface area contributed by atoms with Crippen LogP contribution in [0.15, 0.2) is 28.7 Å². The van der Waals surface area contributed by atoms with Crippen LogP contribution in [0.1, 0.15) is 21.9 Å². The van der Waals surface area contributed by atoms with E-state index in [0.717, 1.165) is 6.07 Å². The molecule has 1 aromatic carbocycles. The molecule has 29 heavy (non-hydrogen) atoms. The second-order valence-corrected chi connectivity index (χ2v) is 6.67. The molecular weight excluding hydrogens is 395 g/mol. The van der Waals surface area contributed by atoms with Crippen molar-refractivity contribution in [3.8, 4) is 17.2 Å². The van der Waals surface area contributed by atoms with Gasteiger partial charge in [0.1, 0.15) is 24.2 Å². The van der Waals surface area contributed by atoms with E-state index in [4.69, 9.17) is 23.4 Å². The minimum atomic E-state index is -4.74. The van der Waals surface area contributed by atoms with Crippen LogP contribution >= 0.6 is 0 Å². The standard InChI is InChI=1S/C19H18F3NO6/c1-11-6-14(17(29-11)19(20,21)22)18(24)23-4-5-25-13(8-23)9-26-12-2-3-15-16(7-12)28-10-27-15/h2-3,6-7,13H,4-5,8-10H2,1H3. The molecule has 4 rings (SSSR count). The second kappa shape index (κ2) is 7.51. The fourth-order valence-electron chi connectivity index (χ4n) is 3.21. The monoisotopic (exact) mass is 413 g/mol. The minimum absolute atomic E-state index is 0.0247. The van der Waals surface area contributed by atoms with Crippen molar-refractivity contribution in [2.45, 2.75) is 19.2 Å². The van der Waals surface area contributed by atoms with Crippen molar-refractivity contribution in [1.82, 2.24) is 4.90 Å². The Hall–Kier alpha value is -2.88. The molecule has 1 aromatic heterocycles. The van der Waals surface area contributed by atoms with Crippen LogP contribution in [0.5, 0.6) is 17.2 Å². The van der Waals surface area contributed by atoms with E-state index in [1.54, 1.807) is 18.2 Å². The number of morpholine rings is 1. The van der Waals surface area contributed by atoms with Crippen LogP contribution in [-0.2, 0) is 10.9 Å². The molecule has 1 fully saturated rings. The molecule has 2 aliphatic rings. The van der Waals surface area contributed by atoms with Crippen LogP contribution < -0.4 is 14.2 Å². The molecule has 0 radical (unpaired) electrons. The Bertz CT molecular complexity index is 910. The smallest absolute Gasteiger partial charge is 0.450 e. The van der Waals surface area contributed by atoms with Gasteiger partial charge in [0.2, 0.25) is 12.6 Å². The zero-order valence-electron chi connectivity index (χ0n) is 15.5. The Kier molecular flexibility index (Phi) is 5.03. The average molecular weight is 413 g/mol. The van der Waals surface area contributed by atoms with Crippen LogP contribution in [0.25, 0.3) is 0 Å². The Labute approximate surface area is 163 Å². The van der Waals surface area contributed by atoms with E-state index in [-0.39, 0.29) is 38.9 Å². The van der Waals surface area contributed by atoms with Gasteiger partial charge in [0.25, 0.3) is 5.91 Å². The van der Waals surface area contributed by atoms with Crippen LogP contribution in [-0.4, -0.2) is 50.0 Å². The van der Waals surface area contributed by atoms with E-state index >= 15 is 0 Å². The molecule has 10 heteroatoms. The molecule has 2 aromatic rings. The first-order valence-electron chi connectivity index (χ1n) is 8.92. The predicted molar refractivity (Wildman–Crippen MR) is 92.2 cm³/mol. The van der Waals surface area contributed by atoms with Crippen LogP contribution in [0.4, 0.5) is 13.2 Å². The molecule has 7 nitrogen and oxygen atoms in total. The number of benzene rings is 1. The van der Waals surface area contributed by atoms with Crippen molar-refractivity contribution in [3.63, 3.8) is 0 Å². The lowest BCUT2D eigenvalue weighted by atomic mass is 10.1. The number of carbonyl (C=O) groups is 1. The highest BCUT2D eigenvalue weighted by molar-refractivity contribution is 5.95. The van der Waals surface area contributed by atoms with Crippen molar-refractivity contribution in [2.75, 3.05) is 33.1 Å². The summed E-state index contributed by atoms with van der Waals surface area (Å²) in [7, 11) is 0. The number of hydrogen-bond acceptors (Lipinski definition) is 6. The van der Waals surface area contributed by atoms with Crippen molar-refractivity contribution < 1.29 is 41.3 Å². The average Bonchev–Trinajstić information content (AvgIpc) is 3.31. The van der Waals surface area contributed by atoms with Crippen molar-refractivity contribution in [3.05, 3.63) is 41.3 Å². The normalized spacial score (nSPS) is 18.8. The van der Waals surface area contributed by atoms with Crippen LogP contribution in [0, 0.1) is 6.92 Å². The lowest BCUT2D eigenvalue weighted by Crippen LogP contribution is -2.47. The Morgan fingerprint density at radius 1 is 1.24 bits per heavy atom. The summed E-state index contributed by atoms with van der Waals surface area (Å²) in [6.07, 6.45) is -5.23. The molecular formula is C19H18F3NO6. The number of hydrogen-bond donors (Lipinski definition) is 0. The molecule has 0 saturated carbocycles. The molecule has 0 aliphatic carbocycles. The first-order valence-corrected chi connectivity index (χ1v) is 8.92. The van der Waals surface area contributed by atoms with E-state index in [9.17, 15) is 18.0 Å². The van der Waals surface area contributed by atoms with Gasteiger partial charge in [0.05, 0.1) is 18.7 Å². The minimum Gasteiger partial charge on any atom is -0.491 e. The third kappa shape index (κ3) is 4.12. The number of ether oxygens (including phenoxy) is 4. The maximum Gasteiger partial charge on any atom is 0.450 e. The maximum absolute atomic E-state index is 13.1. The van der Waals surface area contributed by atoms with E-state index in [1.807, 2.05) is 0 Å². The molecule has 1 amide bonds. The van der Waals surface area contributed by atoms with E-state index in [2.05, 4.69) is 0 Å². The third-order valence-corrected chi connectivity index (χ3v) is 4.55. The van der Waals surface area contributed by atoms with Gasteiger partial charge in [-0.25, -0.2) is 0 Å². The number of carbonyl (C=O) groups excluding carboxylic acids is 1. The molecule has 0 bridgehead atoms. The Morgan fingerprint density at radius 3 is 2.83 bits per heavy atom. The highest BCUT2D eigenvalue weighted by Gasteiger charge is 2.41. The number of nitrogens with zero attached hydrogens (tertiary/aromatic N) is 1. The summed E-state index contributed by atoms with van der Waals surface area (Å²) in [5.41, 5.74) is -0.493. The number of rotatable bonds is 4. The molecule has 0 N–H and O–H groups in total. The quantitative estimate of drug-likeness (QED) is 0.767. The van der Waals surface area contributed by atoms with Gasteiger partial charge < -0.3 is 28.3 Å². The second-order valence-electron chi connectivity index (χ2n) is 6.67. The molecule has 1 unspecified atom stereocenters. The summed E-state index contributed by atoms with van der Waals surface area (Å²) < 4.78 is 65.9.